The topological polar surface area (TPSA) is 76.1 Å². The Morgan fingerprint density at radius 3 is 2.67 bits per heavy atom. The van der Waals surface area contributed by atoms with Crippen LogP contribution in [0.3, 0.4) is 0 Å². The highest BCUT2D eigenvalue weighted by Gasteiger charge is 2.33. The number of thiocarbonyl (C=S) groups is 1. The minimum atomic E-state index is -1.10. The van der Waals surface area contributed by atoms with E-state index in [1.807, 2.05) is 12.1 Å². The van der Waals surface area contributed by atoms with Gasteiger partial charge in [0.2, 0.25) is 0 Å². The third-order valence-corrected chi connectivity index (χ3v) is 6.07. The summed E-state index contributed by atoms with van der Waals surface area (Å²) in [6.45, 7) is 3.83. The van der Waals surface area contributed by atoms with Gasteiger partial charge in [-0.2, -0.15) is 0 Å². The lowest BCUT2D eigenvalue weighted by Crippen LogP contribution is -2.33. The summed E-state index contributed by atoms with van der Waals surface area (Å²) in [5, 5.41) is 8.94. The van der Waals surface area contributed by atoms with E-state index in [0.29, 0.717) is 16.4 Å². The van der Waals surface area contributed by atoms with Crippen LogP contribution in [0.15, 0.2) is 23.1 Å². The first-order chi connectivity index (χ1) is 14.3. The first-order valence-corrected chi connectivity index (χ1v) is 11.4. The number of benzene rings is 1. The van der Waals surface area contributed by atoms with Crippen LogP contribution in [0, 0.1) is 0 Å². The van der Waals surface area contributed by atoms with Crippen LogP contribution >= 0.6 is 24.0 Å². The van der Waals surface area contributed by atoms with Gasteiger partial charge in [0.05, 0.1) is 18.1 Å². The molecule has 0 bridgehead atoms. The highest BCUT2D eigenvalue weighted by Crippen LogP contribution is 2.35. The van der Waals surface area contributed by atoms with Crippen LogP contribution in [-0.2, 0) is 9.59 Å². The summed E-state index contributed by atoms with van der Waals surface area (Å²) in [5.74, 6) is -0.254. The van der Waals surface area contributed by atoms with E-state index in [-0.39, 0.29) is 10.4 Å². The number of nitrogens with zero attached hydrogens (tertiary/aromatic N) is 1. The number of thioether (sulfide) groups is 1. The van der Waals surface area contributed by atoms with Crippen molar-refractivity contribution < 1.29 is 24.2 Å². The van der Waals surface area contributed by atoms with Gasteiger partial charge < -0.3 is 14.6 Å². The van der Waals surface area contributed by atoms with Crippen LogP contribution < -0.4 is 9.47 Å². The smallest absolute Gasteiger partial charge is 0.323 e. The molecule has 1 unspecified atom stereocenters. The third-order valence-electron chi connectivity index (χ3n) is 4.69. The van der Waals surface area contributed by atoms with E-state index in [4.69, 9.17) is 26.8 Å². The summed E-state index contributed by atoms with van der Waals surface area (Å²) >= 11 is 6.22. The number of aliphatic carboxylic acids is 1. The predicted molar refractivity (Wildman–Crippen MR) is 124 cm³/mol. The SMILES string of the molecule is CCCCCCCC(C)Oc1ccc(/C=C2/SC(=S)N(CC(=O)O)C2=O)cc1OC. The Morgan fingerprint density at radius 2 is 2.00 bits per heavy atom. The first-order valence-electron chi connectivity index (χ1n) is 10.2. The summed E-state index contributed by atoms with van der Waals surface area (Å²) in [7, 11) is 1.58. The Bertz CT molecular complexity index is 809. The molecular formula is C22H29NO5S2. The van der Waals surface area contributed by atoms with Crippen molar-refractivity contribution in [3.8, 4) is 11.5 Å². The highest BCUT2D eigenvalue weighted by atomic mass is 32.2. The summed E-state index contributed by atoms with van der Waals surface area (Å²) in [5.41, 5.74) is 0.752. The average molecular weight is 452 g/mol. The van der Waals surface area contributed by atoms with Crippen LogP contribution in [0.2, 0.25) is 0 Å². The molecule has 1 atom stereocenters. The van der Waals surface area contributed by atoms with Crippen LogP contribution in [0.1, 0.15) is 57.9 Å². The zero-order valence-electron chi connectivity index (χ0n) is 17.7. The molecular weight excluding hydrogens is 422 g/mol. The lowest BCUT2D eigenvalue weighted by Gasteiger charge is -2.17. The zero-order valence-corrected chi connectivity index (χ0v) is 19.3. The van der Waals surface area contributed by atoms with Gasteiger partial charge in [-0.25, -0.2) is 0 Å². The van der Waals surface area contributed by atoms with Gasteiger partial charge in [0, 0.05) is 0 Å². The number of unbranched alkanes of at least 4 members (excludes halogenated alkanes) is 4. The maximum absolute atomic E-state index is 12.4. The van der Waals surface area contributed by atoms with E-state index in [1.54, 1.807) is 19.3 Å². The van der Waals surface area contributed by atoms with Crippen molar-refractivity contribution in [1.82, 2.24) is 4.90 Å². The van der Waals surface area contributed by atoms with Gasteiger partial charge in [0.25, 0.3) is 5.91 Å². The minimum Gasteiger partial charge on any atom is -0.493 e. The number of amides is 1. The molecule has 1 aliphatic heterocycles. The van der Waals surface area contributed by atoms with E-state index in [9.17, 15) is 9.59 Å². The molecule has 8 heteroatoms. The molecule has 1 aliphatic rings. The summed E-state index contributed by atoms with van der Waals surface area (Å²) in [6, 6.07) is 5.47. The number of carboxylic acid groups (broad SMARTS) is 1. The maximum Gasteiger partial charge on any atom is 0.323 e. The molecule has 1 aromatic rings. The fourth-order valence-electron chi connectivity index (χ4n) is 3.11. The van der Waals surface area contributed by atoms with Gasteiger partial charge in [0.15, 0.2) is 11.5 Å². The molecule has 0 saturated carbocycles. The van der Waals surface area contributed by atoms with Crippen LogP contribution in [0.4, 0.5) is 0 Å². The molecule has 164 valence electrons. The minimum absolute atomic E-state index is 0.0821. The standard InChI is InChI=1S/C22H29NO5S2/c1-4-5-6-7-8-9-15(2)28-17-11-10-16(12-18(17)27-3)13-19-21(26)23(14-20(24)25)22(29)30-19/h10-13,15H,4-9,14H2,1-3H3,(H,24,25)/b19-13+. The second kappa shape index (κ2) is 12.0. The lowest BCUT2D eigenvalue weighted by atomic mass is 10.1. The van der Waals surface area contributed by atoms with Crippen molar-refractivity contribution in [2.45, 2.75) is 58.5 Å². The molecule has 6 nitrogen and oxygen atoms in total. The Kier molecular flexibility index (Phi) is 9.65. The Morgan fingerprint density at radius 1 is 1.27 bits per heavy atom. The summed E-state index contributed by atoms with van der Waals surface area (Å²) in [6.07, 6.45) is 8.89. The normalized spacial score (nSPS) is 16.2. The Labute approximate surface area is 187 Å². The molecule has 1 amide bonds. The predicted octanol–water partition coefficient (Wildman–Crippen LogP) is 5.11. The molecule has 2 rings (SSSR count). The molecule has 1 aromatic carbocycles. The molecule has 1 heterocycles. The van der Waals surface area contributed by atoms with Gasteiger partial charge in [-0.1, -0.05) is 62.7 Å². The monoisotopic (exact) mass is 451 g/mol. The second-order valence-electron chi connectivity index (χ2n) is 7.20. The van der Waals surface area contributed by atoms with Crippen molar-refractivity contribution in [2.24, 2.45) is 0 Å². The number of carbonyl (C=O) groups is 2. The third kappa shape index (κ3) is 7.02. The van der Waals surface area contributed by atoms with Gasteiger partial charge in [-0.3, -0.25) is 14.5 Å². The van der Waals surface area contributed by atoms with Gasteiger partial charge in [0.1, 0.15) is 10.9 Å². The molecule has 0 spiro atoms. The number of hydrogen-bond donors (Lipinski definition) is 1. The van der Waals surface area contributed by atoms with Crippen LogP contribution in [0.25, 0.3) is 6.08 Å². The van der Waals surface area contributed by atoms with Crippen molar-refractivity contribution in [2.75, 3.05) is 13.7 Å². The molecule has 1 N–H and O–H groups in total. The van der Waals surface area contributed by atoms with Crippen molar-refractivity contribution in [3.63, 3.8) is 0 Å². The largest absolute Gasteiger partial charge is 0.493 e. The number of ether oxygens (including phenoxy) is 2. The van der Waals surface area contributed by atoms with E-state index in [2.05, 4.69) is 13.8 Å². The number of hydrogen-bond acceptors (Lipinski definition) is 6. The van der Waals surface area contributed by atoms with Crippen molar-refractivity contribution in [3.05, 3.63) is 28.7 Å². The fourth-order valence-corrected chi connectivity index (χ4v) is 4.36. The Hall–Kier alpha value is -2.06. The number of methoxy groups -OCH3 is 1. The summed E-state index contributed by atoms with van der Waals surface area (Å²) in [4.78, 5) is 24.8. The van der Waals surface area contributed by atoms with E-state index < -0.39 is 18.4 Å². The van der Waals surface area contributed by atoms with Gasteiger partial charge in [-0.05, 0) is 43.5 Å². The molecule has 30 heavy (non-hydrogen) atoms. The Balaban J connectivity index is 2.03. The van der Waals surface area contributed by atoms with Gasteiger partial charge in [-0.15, -0.1) is 0 Å². The number of carboxylic acids is 1. The van der Waals surface area contributed by atoms with Crippen molar-refractivity contribution >= 4 is 46.3 Å². The maximum atomic E-state index is 12.4. The second-order valence-corrected chi connectivity index (χ2v) is 8.88. The summed E-state index contributed by atoms with van der Waals surface area (Å²) < 4.78 is 11.8. The lowest BCUT2D eigenvalue weighted by molar-refractivity contribution is -0.140. The molecule has 0 aromatic heterocycles. The highest BCUT2D eigenvalue weighted by molar-refractivity contribution is 8.26. The van der Waals surface area contributed by atoms with Crippen LogP contribution in [0.5, 0.6) is 11.5 Å². The van der Waals surface area contributed by atoms with E-state index in [0.717, 1.165) is 35.1 Å². The molecule has 1 fully saturated rings. The number of carbonyl (C=O) groups excluding carboxylic acids is 1. The number of rotatable bonds is 12. The quantitative estimate of drug-likeness (QED) is 0.269. The first kappa shape index (κ1) is 24.2. The molecule has 1 saturated heterocycles. The van der Waals surface area contributed by atoms with Crippen LogP contribution in [-0.4, -0.2) is 46.0 Å². The van der Waals surface area contributed by atoms with Gasteiger partial charge >= 0.3 is 5.97 Å². The van der Waals surface area contributed by atoms with E-state index in [1.165, 1.54) is 25.7 Å². The fraction of sp³-hybridized carbons (Fsp3) is 0.500. The van der Waals surface area contributed by atoms with Crippen molar-refractivity contribution in [1.29, 1.82) is 0 Å². The van der Waals surface area contributed by atoms with E-state index >= 15 is 0 Å². The zero-order chi connectivity index (χ0) is 22.1. The molecule has 0 radical (unpaired) electrons. The average Bonchev–Trinajstić information content (AvgIpc) is 2.96. The molecule has 0 aliphatic carbocycles.